The molecule has 0 spiro atoms. The fourth-order valence-corrected chi connectivity index (χ4v) is 4.02. The highest BCUT2D eigenvalue weighted by molar-refractivity contribution is 5.94. The molecule has 2 aromatic rings. The number of aromatic nitrogens is 1. The third kappa shape index (κ3) is 8.29. The van der Waals surface area contributed by atoms with Crippen molar-refractivity contribution in [2.24, 2.45) is 17.6 Å². The number of aliphatic carboxylic acids is 1. The second-order valence-corrected chi connectivity index (χ2v) is 9.81. The Bertz CT molecular complexity index is 1080. The van der Waals surface area contributed by atoms with E-state index >= 15 is 0 Å². The smallest absolute Gasteiger partial charge is 0.326 e. The first-order valence-electron chi connectivity index (χ1n) is 12.5. The Morgan fingerprint density at radius 2 is 1.59 bits per heavy atom. The minimum atomic E-state index is -1.34. The summed E-state index contributed by atoms with van der Waals surface area (Å²) in [6, 6.07) is 3.09. The third-order valence-corrected chi connectivity index (χ3v) is 6.38. The van der Waals surface area contributed by atoms with E-state index in [9.17, 15) is 29.4 Å². The molecule has 11 heteroatoms. The number of hydrogen-bond acceptors (Lipinski definition) is 6. The predicted octanol–water partition coefficient (Wildman–Crippen LogP) is 0.661. The number of fused-ring (bicyclic) bond motifs is 1. The average Bonchev–Trinajstić information content (AvgIpc) is 3.26. The van der Waals surface area contributed by atoms with Crippen LogP contribution in [0.1, 0.15) is 46.1 Å². The van der Waals surface area contributed by atoms with Crippen molar-refractivity contribution >= 4 is 34.6 Å². The molecule has 1 heterocycles. The van der Waals surface area contributed by atoms with Crippen LogP contribution in [-0.4, -0.2) is 69.7 Å². The molecule has 1 aromatic carbocycles. The van der Waals surface area contributed by atoms with Gasteiger partial charge in [-0.15, -0.1) is 0 Å². The summed E-state index contributed by atoms with van der Waals surface area (Å²) < 4.78 is 0. The molecule has 0 fully saturated rings. The number of aromatic amines is 1. The zero-order valence-corrected chi connectivity index (χ0v) is 21.8. The molecule has 5 unspecified atom stereocenters. The van der Waals surface area contributed by atoms with Crippen molar-refractivity contribution in [2.75, 3.05) is 6.61 Å². The van der Waals surface area contributed by atoms with Crippen molar-refractivity contribution < 1.29 is 29.4 Å². The van der Waals surface area contributed by atoms with Crippen molar-refractivity contribution in [1.29, 1.82) is 0 Å². The Kier molecular flexibility index (Phi) is 11.1. The van der Waals surface area contributed by atoms with Gasteiger partial charge in [0.15, 0.2) is 0 Å². The van der Waals surface area contributed by atoms with Gasteiger partial charge in [-0.25, -0.2) is 4.79 Å². The lowest BCUT2D eigenvalue weighted by atomic mass is 9.97. The fraction of sp³-hybridized carbons (Fsp3) is 0.538. The van der Waals surface area contributed by atoms with Crippen LogP contribution in [0.2, 0.25) is 0 Å². The number of carboxylic acid groups (broad SMARTS) is 1. The van der Waals surface area contributed by atoms with Crippen molar-refractivity contribution in [1.82, 2.24) is 20.9 Å². The van der Waals surface area contributed by atoms with Gasteiger partial charge in [0.05, 0.1) is 12.6 Å². The fourth-order valence-electron chi connectivity index (χ4n) is 4.02. The normalized spacial score (nSPS) is 15.4. The predicted molar refractivity (Wildman–Crippen MR) is 139 cm³/mol. The molecule has 11 nitrogen and oxygen atoms in total. The van der Waals surface area contributed by atoms with Gasteiger partial charge in [-0.2, -0.15) is 0 Å². The van der Waals surface area contributed by atoms with Crippen LogP contribution in [0.5, 0.6) is 0 Å². The summed E-state index contributed by atoms with van der Waals surface area (Å²) in [4.78, 5) is 53.3. The van der Waals surface area contributed by atoms with Gasteiger partial charge in [0.2, 0.25) is 17.7 Å². The van der Waals surface area contributed by atoms with Crippen molar-refractivity contribution in [3.05, 3.63) is 36.0 Å². The molecule has 0 saturated carbocycles. The molecule has 5 atom stereocenters. The number of carbonyl (C=O) groups is 4. The van der Waals surface area contributed by atoms with Crippen molar-refractivity contribution in [3.63, 3.8) is 0 Å². The number of nitrogens with one attached hydrogen (secondary N) is 4. The average molecular weight is 518 g/mol. The molecule has 0 aliphatic carbocycles. The summed E-state index contributed by atoms with van der Waals surface area (Å²) in [5.74, 6) is -3.54. The molecule has 204 valence electrons. The second kappa shape index (κ2) is 13.8. The summed E-state index contributed by atoms with van der Waals surface area (Å²) in [6.07, 6.45) is 2.75. The van der Waals surface area contributed by atoms with E-state index in [1.54, 1.807) is 13.1 Å². The Labute approximate surface area is 216 Å². The van der Waals surface area contributed by atoms with E-state index in [0.717, 1.165) is 16.5 Å². The first-order valence-corrected chi connectivity index (χ1v) is 12.5. The van der Waals surface area contributed by atoms with Crippen molar-refractivity contribution in [2.45, 2.75) is 71.1 Å². The number of aliphatic hydroxyl groups is 1. The number of aliphatic hydroxyl groups excluding tert-OH is 1. The molecule has 2 rings (SSSR count). The van der Waals surface area contributed by atoms with Gasteiger partial charge in [0.1, 0.15) is 18.1 Å². The number of nitrogens with two attached hydrogens (primary N) is 1. The Hall–Kier alpha value is -3.44. The summed E-state index contributed by atoms with van der Waals surface area (Å²) >= 11 is 0. The largest absolute Gasteiger partial charge is 0.480 e. The Morgan fingerprint density at radius 3 is 2.19 bits per heavy atom. The maximum Gasteiger partial charge on any atom is 0.326 e. The number of benzene rings is 1. The van der Waals surface area contributed by atoms with Crippen LogP contribution in [0.15, 0.2) is 30.5 Å². The van der Waals surface area contributed by atoms with Gasteiger partial charge >= 0.3 is 5.97 Å². The molecule has 3 amide bonds. The molecule has 37 heavy (non-hydrogen) atoms. The van der Waals surface area contributed by atoms with Crippen LogP contribution in [0.4, 0.5) is 0 Å². The van der Waals surface area contributed by atoms with E-state index < -0.39 is 54.5 Å². The van der Waals surface area contributed by atoms with Crippen molar-refractivity contribution in [3.8, 4) is 0 Å². The number of carbonyl (C=O) groups excluding carboxylic acids is 3. The lowest BCUT2D eigenvalue weighted by Gasteiger charge is -2.27. The van der Waals surface area contributed by atoms with Gasteiger partial charge in [-0.1, -0.05) is 52.3 Å². The van der Waals surface area contributed by atoms with E-state index in [4.69, 9.17) is 5.73 Å². The number of rotatable bonds is 14. The molecule has 0 bridgehead atoms. The number of carboxylic acids is 1. The van der Waals surface area contributed by atoms with Gasteiger partial charge in [-0.05, 0) is 36.3 Å². The summed E-state index contributed by atoms with van der Waals surface area (Å²) in [6.45, 7) is 6.53. The van der Waals surface area contributed by atoms with Crippen LogP contribution < -0.4 is 21.7 Å². The summed E-state index contributed by atoms with van der Waals surface area (Å²) in [5.41, 5.74) is 7.83. The van der Waals surface area contributed by atoms with Gasteiger partial charge < -0.3 is 36.9 Å². The Balaban J connectivity index is 2.06. The minimum absolute atomic E-state index is 0.00492. The molecule has 8 N–H and O–H groups in total. The SMILES string of the molecule is CCC(C)C(NC(=O)C(CC(C)C)NC(=O)C(CO)NC(=O)C(N)Cc1c[nH]c2ccccc12)C(=O)O. The first-order chi connectivity index (χ1) is 17.5. The van der Waals surface area contributed by atoms with Gasteiger partial charge in [-0.3, -0.25) is 14.4 Å². The Morgan fingerprint density at radius 1 is 0.973 bits per heavy atom. The molecular formula is C26H39N5O6. The maximum atomic E-state index is 12.9. The summed E-state index contributed by atoms with van der Waals surface area (Å²) in [5, 5.41) is 27.7. The van der Waals surface area contributed by atoms with Crippen LogP contribution in [-0.2, 0) is 25.6 Å². The highest BCUT2D eigenvalue weighted by Gasteiger charge is 2.32. The van der Waals surface area contributed by atoms with Crippen LogP contribution in [0, 0.1) is 11.8 Å². The molecule has 0 aliphatic heterocycles. The van der Waals surface area contributed by atoms with E-state index in [0.29, 0.717) is 6.42 Å². The number of hydrogen-bond donors (Lipinski definition) is 7. The first kappa shape index (κ1) is 29.8. The minimum Gasteiger partial charge on any atom is -0.480 e. The van der Waals surface area contributed by atoms with Crippen LogP contribution >= 0.6 is 0 Å². The topological polar surface area (TPSA) is 187 Å². The maximum absolute atomic E-state index is 12.9. The number of H-pyrrole nitrogens is 1. The lowest BCUT2D eigenvalue weighted by molar-refractivity contribution is -0.144. The molecule has 0 radical (unpaired) electrons. The lowest BCUT2D eigenvalue weighted by Crippen LogP contribution is -2.58. The quantitative estimate of drug-likeness (QED) is 0.192. The highest BCUT2D eigenvalue weighted by atomic mass is 16.4. The highest BCUT2D eigenvalue weighted by Crippen LogP contribution is 2.19. The van der Waals surface area contributed by atoms with Gasteiger partial charge in [0.25, 0.3) is 0 Å². The van der Waals surface area contributed by atoms with E-state index in [-0.39, 0.29) is 24.7 Å². The molecular weight excluding hydrogens is 478 g/mol. The zero-order chi connectivity index (χ0) is 27.7. The monoisotopic (exact) mass is 517 g/mol. The standard InChI is InChI=1S/C26H39N5O6/c1-5-15(4)22(26(36)37)31-24(34)20(10-14(2)3)29-25(35)21(13-32)30-23(33)18(27)11-16-12-28-19-9-7-6-8-17(16)19/h6-9,12,14-15,18,20-22,28,32H,5,10-11,13,27H2,1-4H3,(H,29,35)(H,30,33)(H,31,34)(H,36,37). The molecule has 0 aliphatic rings. The van der Waals surface area contributed by atoms with Crippen LogP contribution in [0.3, 0.4) is 0 Å². The second-order valence-electron chi connectivity index (χ2n) is 9.81. The van der Waals surface area contributed by atoms with E-state index in [1.807, 2.05) is 45.0 Å². The molecule has 0 saturated heterocycles. The van der Waals surface area contributed by atoms with E-state index in [2.05, 4.69) is 20.9 Å². The zero-order valence-electron chi connectivity index (χ0n) is 21.8. The molecule has 1 aromatic heterocycles. The van der Waals surface area contributed by atoms with Crippen LogP contribution in [0.25, 0.3) is 10.9 Å². The third-order valence-electron chi connectivity index (χ3n) is 6.38. The number of amides is 3. The number of para-hydroxylation sites is 1. The summed E-state index contributed by atoms with van der Waals surface area (Å²) in [7, 11) is 0. The van der Waals surface area contributed by atoms with E-state index in [1.165, 1.54) is 0 Å². The van der Waals surface area contributed by atoms with Gasteiger partial charge in [0, 0.05) is 17.1 Å².